The first-order chi connectivity index (χ1) is 8.97. The standard InChI is InChI=1S/C11H17NO7/c1-3-18-10(16)7(11(17)19-4-2)5-12-8(6-13)9(14)15/h5,8,12-13H,3-4,6H2,1-2H3,(H,14,15)/t8-/m1/s1. The summed E-state index contributed by atoms with van der Waals surface area (Å²) >= 11 is 0. The van der Waals surface area contributed by atoms with Gasteiger partial charge in [-0.15, -0.1) is 0 Å². The van der Waals surface area contributed by atoms with Crippen molar-refractivity contribution in [3.05, 3.63) is 11.8 Å². The first-order valence-corrected chi connectivity index (χ1v) is 5.61. The zero-order chi connectivity index (χ0) is 14.8. The summed E-state index contributed by atoms with van der Waals surface area (Å²) in [5, 5.41) is 19.7. The van der Waals surface area contributed by atoms with Crippen LogP contribution in [0.15, 0.2) is 11.8 Å². The molecule has 19 heavy (non-hydrogen) atoms. The molecule has 0 heterocycles. The Morgan fingerprint density at radius 2 is 1.63 bits per heavy atom. The van der Waals surface area contributed by atoms with Gasteiger partial charge in [0.1, 0.15) is 6.04 Å². The summed E-state index contributed by atoms with van der Waals surface area (Å²) in [6.07, 6.45) is 0.866. The molecule has 0 rings (SSSR count). The molecule has 0 unspecified atom stereocenters. The number of hydrogen-bond donors (Lipinski definition) is 3. The second kappa shape index (κ2) is 8.92. The van der Waals surface area contributed by atoms with Crippen LogP contribution in [0.5, 0.6) is 0 Å². The third-order valence-corrected chi connectivity index (χ3v) is 1.90. The highest BCUT2D eigenvalue weighted by molar-refractivity contribution is 6.14. The van der Waals surface area contributed by atoms with Gasteiger partial charge < -0.3 is 25.0 Å². The average Bonchev–Trinajstić information content (AvgIpc) is 2.34. The lowest BCUT2D eigenvalue weighted by Crippen LogP contribution is -2.37. The SMILES string of the molecule is CCOC(=O)C(=CN[C@H](CO)C(=O)O)C(=O)OCC. The number of nitrogens with one attached hydrogen (secondary N) is 1. The van der Waals surface area contributed by atoms with Crippen LogP contribution >= 0.6 is 0 Å². The molecule has 0 amide bonds. The van der Waals surface area contributed by atoms with Crippen molar-refractivity contribution in [2.24, 2.45) is 0 Å². The fourth-order valence-corrected chi connectivity index (χ4v) is 1.00. The molecule has 0 aliphatic heterocycles. The zero-order valence-corrected chi connectivity index (χ0v) is 10.7. The smallest absolute Gasteiger partial charge is 0.347 e. The molecular weight excluding hydrogens is 258 g/mol. The van der Waals surface area contributed by atoms with Crippen LogP contribution in [0.4, 0.5) is 0 Å². The van der Waals surface area contributed by atoms with E-state index in [0.717, 1.165) is 6.20 Å². The molecular formula is C11H17NO7. The lowest BCUT2D eigenvalue weighted by molar-refractivity contribution is -0.147. The molecule has 108 valence electrons. The molecule has 1 atom stereocenters. The molecule has 0 aromatic rings. The van der Waals surface area contributed by atoms with E-state index in [2.05, 4.69) is 14.8 Å². The van der Waals surface area contributed by atoms with Crippen LogP contribution in [0, 0.1) is 0 Å². The maximum absolute atomic E-state index is 11.5. The van der Waals surface area contributed by atoms with E-state index < -0.39 is 36.1 Å². The number of carbonyl (C=O) groups excluding carboxylic acids is 2. The number of carboxylic acid groups (broad SMARTS) is 1. The lowest BCUT2D eigenvalue weighted by Gasteiger charge is -2.11. The highest BCUT2D eigenvalue weighted by Crippen LogP contribution is 2.01. The fourth-order valence-electron chi connectivity index (χ4n) is 1.00. The van der Waals surface area contributed by atoms with Crippen molar-refractivity contribution < 1.29 is 34.1 Å². The monoisotopic (exact) mass is 275 g/mol. The van der Waals surface area contributed by atoms with Crippen molar-refractivity contribution in [3.8, 4) is 0 Å². The molecule has 0 aliphatic carbocycles. The molecule has 0 aromatic carbocycles. The number of carbonyl (C=O) groups is 3. The summed E-state index contributed by atoms with van der Waals surface area (Å²) in [6.45, 7) is 2.52. The topological polar surface area (TPSA) is 122 Å². The second-order valence-electron chi connectivity index (χ2n) is 3.24. The summed E-state index contributed by atoms with van der Waals surface area (Å²) in [7, 11) is 0. The molecule has 3 N–H and O–H groups in total. The molecule has 0 aromatic heterocycles. The van der Waals surface area contributed by atoms with Gasteiger partial charge in [0.25, 0.3) is 0 Å². The van der Waals surface area contributed by atoms with Gasteiger partial charge in [0.2, 0.25) is 0 Å². The lowest BCUT2D eigenvalue weighted by atomic mass is 10.2. The van der Waals surface area contributed by atoms with Crippen molar-refractivity contribution in [1.29, 1.82) is 0 Å². The highest BCUT2D eigenvalue weighted by atomic mass is 16.6. The fraction of sp³-hybridized carbons (Fsp3) is 0.545. The Hall–Kier alpha value is -2.09. The highest BCUT2D eigenvalue weighted by Gasteiger charge is 2.22. The van der Waals surface area contributed by atoms with Crippen molar-refractivity contribution in [3.63, 3.8) is 0 Å². The first-order valence-electron chi connectivity index (χ1n) is 5.61. The van der Waals surface area contributed by atoms with E-state index in [0.29, 0.717) is 0 Å². The van der Waals surface area contributed by atoms with Gasteiger partial charge in [0, 0.05) is 6.20 Å². The average molecular weight is 275 g/mol. The maximum Gasteiger partial charge on any atom is 0.347 e. The Kier molecular flexibility index (Phi) is 7.94. The van der Waals surface area contributed by atoms with Crippen LogP contribution in [-0.4, -0.2) is 54.0 Å². The van der Waals surface area contributed by atoms with E-state index in [1.807, 2.05) is 0 Å². The van der Waals surface area contributed by atoms with Gasteiger partial charge in [0.05, 0.1) is 19.8 Å². The van der Waals surface area contributed by atoms with E-state index >= 15 is 0 Å². The number of aliphatic hydroxyl groups is 1. The van der Waals surface area contributed by atoms with Crippen LogP contribution in [0.25, 0.3) is 0 Å². The van der Waals surface area contributed by atoms with E-state index in [1.54, 1.807) is 13.8 Å². The number of ether oxygens (including phenoxy) is 2. The number of rotatable bonds is 8. The van der Waals surface area contributed by atoms with Crippen LogP contribution < -0.4 is 5.32 Å². The van der Waals surface area contributed by atoms with Crippen molar-refractivity contribution in [2.45, 2.75) is 19.9 Å². The number of hydrogen-bond acceptors (Lipinski definition) is 7. The van der Waals surface area contributed by atoms with Gasteiger partial charge in [-0.2, -0.15) is 0 Å². The molecule has 0 saturated carbocycles. The summed E-state index contributed by atoms with van der Waals surface area (Å²) in [6, 6.07) is -1.33. The molecule has 0 aliphatic rings. The quantitative estimate of drug-likeness (QED) is 0.224. The molecule has 0 radical (unpaired) electrons. The predicted octanol–water partition coefficient (Wildman–Crippen LogP) is -0.968. The molecule has 0 fully saturated rings. The zero-order valence-electron chi connectivity index (χ0n) is 10.7. The van der Waals surface area contributed by atoms with Gasteiger partial charge in [-0.1, -0.05) is 0 Å². The van der Waals surface area contributed by atoms with Crippen LogP contribution in [0.1, 0.15) is 13.8 Å². The molecule has 0 saturated heterocycles. The molecule has 8 nitrogen and oxygen atoms in total. The van der Waals surface area contributed by atoms with Gasteiger partial charge in [-0.3, -0.25) is 0 Å². The summed E-state index contributed by atoms with van der Waals surface area (Å²) < 4.78 is 9.28. The van der Waals surface area contributed by atoms with Gasteiger partial charge in [-0.05, 0) is 13.8 Å². The van der Waals surface area contributed by atoms with Gasteiger partial charge in [-0.25, -0.2) is 14.4 Å². The second-order valence-corrected chi connectivity index (χ2v) is 3.24. The van der Waals surface area contributed by atoms with Crippen LogP contribution in [0.2, 0.25) is 0 Å². The number of aliphatic carboxylic acids is 1. The Morgan fingerprint density at radius 1 is 1.16 bits per heavy atom. The number of aliphatic hydroxyl groups excluding tert-OH is 1. The van der Waals surface area contributed by atoms with Crippen molar-refractivity contribution in [1.82, 2.24) is 5.32 Å². The summed E-state index contributed by atoms with van der Waals surface area (Å²) in [5.74, 6) is -3.20. The van der Waals surface area contributed by atoms with Crippen LogP contribution in [0.3, 0.4) is 0 Å². The number of esters is 2. The van der Waals surface area contributed by atoms with E-state index in [4.69, 9.17) is 10.2 Å². The third-order valence-electron chi connectivity index (χ3n) is 1.90. The maximum atomic E-state index is 11.5. The minimum absolute atomic E-state index is 0.0535. The van der Waals surface area contributed by atoms with Crippen molar-refractivity contribution >= 4 is 17.9 Å². The first kappa shape index (κ1) is 16.9. The Balaban J connectivity index is 4.95. The van der Waals surface area contributed by atoms with Crippen molar-refractivity contribution in [2.75, 3.05) is 19.8 Å². The van der Waals surface area contributed by atoms with E-state index in [-0.39, 0.29) is 13.2 Å². The largest absolute Gasteiger partial charge is 0.480 e. The van der Waals surface area contributed by atoms with Gasteiger partial charge >= 0.3 is 17.9 Å². The molecule has 8 heteroatoms. The Bertz CT molecular complexity index is 344. The van der Waals surface area contributed by atoms with E-state index in [1.165, 1.54) is 0 Å². The Morgan fingerprint density at radius 3 is 1.95 bits per heavy atom. The predicted molar refractivity (Wildman–Crippen MR) is 63.0 cm³/mol. The third kappa shape index (κ3) is 5.87. The number of carboxylic acids is 1. The van der Waals surface area contributed by atoms with E-state index in [9.17, 15) is 14.4 Å². The molecule has 0 bridgehead atoms. The minimum Gasteiger partial charge on any atom is -0.480 e. The summed E-state index contributed by atoms with van der Waals surface area (Å²) in [4.78, 5) is 33.6. The molecule has 0 spiro atoms. The normalized spacial score (nSPS) is 11.1. The Labute approximate surface area is 110 Å². The van der Waals surface area contributed by atoms with Gasteiger partial charge in [0.15, 0.2) is 5.57 Å². The summed E-state index contributed by atoms with van der Waals surface area (Å²) in [5.41, 5.74) is -0.469. The van der Waals surface area contributed by atoms with Crippen LogP contribution in [-0.2, 0) is 23.9 Å². The minimum atomic E-state index is -1.33.